The Morgan fingerprint density at radius 3 is 2.33 bits per heavy atom. The van der Waals surface area contributed by atoms with E-state index in [2.05, 4.69) is 10.0 Å². The molecule has 2 aromatic rings. The van der Waals surface area contributed by atoms with Crippen LogP contribution in [-0.4, -0.2) is 15.5 Å². The maximum absolute atomic E-state index is 13.1. The molecule has 0 unspecified atom stereocenters. The smallest absolute Gasteiger partial charge is 0.261 e. The Kier molecular flexibility index (Phi) is 4.54. The molecule has 0 aliphatic rings. The topological polar surface area (TPSA) is 58.2 Å². The second-order valence-corrected chi connectivity index (χ2v) is 6.12. The molecular formula is C14H14F2N2O2S. The van der Waals surface area contributed by atoms with E-state index in [9.17, 15) is 17.2 Å². The van der Waals surface area contributed by atoms with Gasteiger partial charge in [0.2, 0.25) is 0 Å². The molecule has 0 heterocycles. The Hall–Kier alpha value is -1.99. The summed E-state index contributed by atoms with van der Waals surface area (Å²) in [5.41, 5.74) is 0.623. The summed E-state index contributed by atoms with van der Waals surface area (Å²) >= 11 is 0. The van der Waals surface area contributed by atoms with Crippen molar-refractivity contribution in [3.8, 4) is 0 Å². The van der Waals surface area contributed by atoms with Crippen LogP contribution < -0.4 is 10.0 Å². The van der Waals surface area contributed by atoms with Crippen LogP contribution in [0.4, 0.5) is 14.5 Å². The molecule has 0 spiro atoms. The molecule has 21 heavy (non-hydrogen) atoms. The molecule has 112 valence electrons. The molecule has 0 radical (unpaired) electrons. The summed E-state index contributed by atoms with van der Waals surface area (Å²) in [5, 5.41) is 2.91. The first-order valence-corrected chi connectivity index (χ1v) is 7.61. The van der Waals surface area contributed by atoms with Gasteiger partial charge in [0.15, 0.2) is 0 Å². The first kappa shape index (κ1) is 15.4. The van der Waals surface area contributed by atoms with E-state index in [1.807, 2.05) is 0 Å². The summed E-state index contributed by atoms with van der Waals surface area (Å²) in [5.74, 6) is -1.70. The Balaban J connectivity index is 2.31. The minimum atomic E-state index is -3.90. The van der Waals surface area contributed by atoms with Gasteiger partial charge in [-0.1, -0.05) is 12.1 Å². The second-order valence-electron chi connectivity index (χ2n) is 4.44. The minimum Gasteiger partial charge on any atom is -0.316 e. The van der Waals surface area contributed by atoms with E-state index in [4.69, 9.17) is 0 Å². The molecule has 0 aliphatic heterocycles. The van der Waals surface area contributed by atoms with E-state index in [1.165, 1.54) is 12.1 Å². The molecule has 7 heteroatoms. The van der Waals surface area contributed by atoms with Crippen molar-refractivity contribution in [1.82, 2.24) is 5.32 Å². The van der Waals surface area contributed by atoms with E-state index < -0.39 is 21.7 Å². The fraction of sp³-hybridized carbons (Fsp3) is 0.143. The zero-order valence-corrected chi connectivity index (χ0v) is 12.0. The predicted octanol–water partition coefficient (Wildman–Crippen LogP) is 2.49. The lowest BCUT2D eigenvalue weighted by Gasteiger charge is -2.09. The molecule has 0 saturated heterocycles. The van der Waals surface area contributed by atoms with E-state index >= 15 is 0 Å². The van der Waals surface area contributed by atoms with Gasteiger partial charge in [-0.15, -0.1) is 0 Å². The van der Waals surface area contributed by atoms with Crippen molar-refractivity contribution in [1.29, 1.82) is 0 Å². The summed E-state index contributed by atoms with van der Waals surface area (Å²) in [7, 11) is -2.15. The van der Waals surface area contributed by atoms with Crippen molar-refractivity contribution in [2.24, 2.45) is 0 Å². The first-order chi connectivity index (χ1) is 9.90. The number of halogens is 2. The third-order valence-corrected chi connectivity index (χ3v) is 4.08. The number of rotatable bonds is 5. The number of hydrogen-bond acceptors (Lipinski definition) is 3. The number of nitrogens with one attached hydrogen (secondary N) is 2. The van der Waals surface area contributed by atoms with Crippen LogP contribution in [-0.2, 0) is 16.6 Å². The van der Waals surface area contributed by atoms with Gasteiger partial charge in [-0.25, -0.2) is 17.2 Å². The van der Waals surface area contributed by atoms with Crippen LogP contribution >= 0.6 is 0 Å². The lowest BCUT2D eigenvalue weighted by atomic mass is 10.2. The van der Waals surface area contributed by atoms with Crippen molar-refractivity contribution in [2.45, 2.75) is 11.4 Å². The molecule has 0 fully saturated rings. The van der Waals surface area contributed by atoms with Gasteiger partial charge in [0, 0.05) is 12.6 Å². The largest absolute Gasteiger partial charge is 0.316 e. The standard InChI is InChI=1S/C14H14F2N2O2S/c1-17-9-10-3-2-4-14(5-10)21(19,20)18-13-7-11(15)6-12(16)8-13/h2-8,17-18H,9H2,1H3. The molecule has 2 N–H and O–H groups in total. The Labute approximate surface area is 121 Å². The summed E-state index contributed by atoms with van der Waals surface area (Å²) in [6.07, 6.45) is 0. The van der Waals surface area contributed by atoms with Crippen molar-refractivity contribution in [3.05, 3.63) is 59.7 Å². The van der Waals surface area contributed by atoms with Crippen LogP contribution in [0.1, 0.15) is 5.56 Å². The molecule has 0 saturated carbocycles. The van der Waals surface area contributed by atoms with Gasteiger partial charge in [0.25, 0.3) is 10.0 Å². The minimum absolute atomic E-state index is 0.0277. The zero-order chi connectivity index (χ0) is 15.5. The molecule has 0 amide bonds. The molecule has 0 aromatic heterocycles. The molecule has 0 atom stereocenters. The summed E-state index contributed by atoms with van der Waals surface area (Å²) in [4.78, 5) is 0.0277. The van der Waals surface area contributed by atoms with Crippen LogP contribution in [0, 0.1) is 11.6 Å². The normalized spacial score (nSPS) is 11.4. The quantitative estimate of drug-likeness (QED) is 0.892. The van der Waals surface area contributed by atoms with Gasteiger partial charge >= 0.3 is 0 Å². The Bertz CT molecular complexity index is 728. The lowest BCUT2D eigenvalue weighted by Crippen LogP contribution is -2.14. The molecule has 4 nitrogen and oxygen atoms in total. The van der Waals surface area contributed by atoms with Crippen molar-refractivity contribution in [3.63, 3.8) is 0 Å². The van der Waals surface area contributed by atoms with Crippen molar-refractivity contribution < 1.29 is 17.2 Å². The van der Waals surface area contributed by atoms with Crippen molar-refractivity contribution >= 4 is 15.7 Å². The number of sulfonamides is 1. The highest BCUT2D eigenvalue weighted by atomic mass is 32.2. The number of anilines is 1. The number of benzene rings is 2. The third-order valence-electron chi connectivity index (χ3n) is 2.70. The number of hydrogen-bond donors (Lipinski definition) is 2. The van der Waals surface area contributed by atoms with Crippen LogP contribution in [0.3, 0.4) is 0 Å². The van der Waals surface area contributed by atoms with Gasteiger partial charge in [0.1, 0.15) is 11.6 Å². The highest BCUT2D eigenvalue weighted by Gasteiger charge is 2.15. The van der Waals surface area contributed by atoms with Gasteiger partial charge in [-0.3, -0.25) is 4.72 Å². The molecular weight excluding hydrogens is 298 g/mol. The third kappa shape index (κ3) is 3.99. The fourth-order valence-corrected chi connectivity index (χ4v) is 2.96. The van der Waals surface area contributed by atoms with Gasteiger partial charge in [-0.2, -0.15) is 0 Å². The monoisotopic (exact) mass is 312 g/mol. The highest BCUT2D eigenvalue weighted by molar-refractivity contribution is 7.92. The van der Waals surface area contributed by atoms with Crippen LogP contribution in [0.25, 0.3) is 0 Å². The first-order valence-electron chi connectivity index (χ1n) is 6.13. The van der Waals surface area contributed by atoms with Crippen molar-refractivity contribution in [2.75, 3.05) is 11.8 Å². The highest BCUT2D eigenvalue weighted by Crippen LogP contribution is 2.19. The zero-order valence-electron chi connectivity index (χ0n) is 11.2. The lowest BCUT2D eigenvalue weighted by molar-refractivity contribution is 0.584. The molecule has 2 rings (SSSR count). The van der Waals surface area contributed by atoms with E-state index in [1.54, 1.807) is 19.2 Å². The van der Waals surface area contributed by atoms with Gasteiger partial charge < -0.3 is 5.32 Å². The van der Waals surface area contributed by atoms with Gasteiger partial charge in [-0.05, 0) is 36.9 Å². The average Bonchev–Trinajstić information content (AvgIpc) is 2.37. The SMILES string of the molecule is CNCc1cccc(S(=O)(=O)Nc2cc(F)cc(F)c2)c1. The van der Waals surface area contributed by atoms with Crippen LogP contribution in [0.5, 0.6) is 0 Å². The summed E-state index contributed by atoms with van der Waals surface area (Å²) in [6, 6.07) is 8.79. The predicted molar refractivity (Wildman–Crippen MR) is 76.4 cm³/mol. The van der Waals surface area contributed by atoms with E-state index in [-0.39, 0.29) is 10.6 Å². The van der Waals surface area contributed by atoms with Crippen LogP contribution in [0.15, 0.2) is 47.4 Å². The maximum Gasteiger partial charge on any atom is 0.261 e. The maximum atomic E-state index is 13.1. The van der Waals surface area contributed by atoms with Crippen LogP contribution in [0.2, 0.25) is 0 Å². The fourth-order valence-electron chi connectivity index (χ4n) is 1.85. The molecule has 2 aromatic carbocycles. The summed E-state index contributed by atoms with van der Waals surface area (Å²) < 4.78 is 52.7. The molecule has 0 aliphatic carbocycles. The summed E-state index contributed by atoms with van der Waals surface area (Å²) in [6.45, 7) is 0.512. The molecule has 0 bridgehead atoms. The van der Waals surface area contributed by atoms with E-state index in [0.29, 0.717) is 12.6 Å². The second kappa shape index (κ2) is 6.19. The Morgan fingerprint density at radius 2 is 1.71 bits per heavy atom. The van der Waals surface area contributed by atoms with E-state index in [0.717, 1.165) is 17.7 Å². The average molecular weight is 312 g/mol. The van der Waals surface area contributed by atoms with Gasteiger partial charge in [0.05, 0.1) is 10.6 Å². The Morgan fingerprint density at radius 1 is 1.05 bits per heavy atom.